The quantitative estimate of drug-likeness (QED) is 0.306. The molecule has 1 nitrogen and oxygen atoms in total. The van der Waals surface area contributed by atoms with Crippen molar-refractivity contribution in [3.8, 4) is 0 Å². The van der Waals surface area contributed by atoms with E-state index in [1.165, 1.54) is 36.8 Å². The SMILES string of the molecule is CC(C)c1sc2c3ccccc3c3ccccc3c2[n+]1C(C)C. The van der Waals surface area contributed by atoms with Crippen LogP contribution in [0.3, 0.4) is 0 Å². The summed E-state index contributed by atoms with van der Waals surface area (Å²) in [4.78, 5) is 0. The molecule has 2 heteroatoms. The van der Waals surface area contributed by atoms with Gasteiger partial charge in [0, 0.05) is 11.3 Å². The fraction of sp³-hybridized carbons (Fsp3) is 0.286. The minimum atomic E-state index is 0.464. The topological polar surface area (TPSA) is 3.88 Å². The normalized spacial score (nSPS) is 12.3. The average Bonchev–Trinajstić information content (AvgIpc) is 2.96. The second kappa shape index (κ2) is 5.31. The van der Waals surface area contributed by atoms with Crippen molar-refractivity contribution in [2.75, 3.05) is 0 Å². The number of rotatable bonds is 2. The van der Waals surface area contributed by atoms with Gasteiger partial charge in [-0.05, 0) is 30.7 Å². The molecule has 0 radical (unpaired) electrons. The maximum atomic E-state index is 2.55. The van der Waals surface area contributed by atoms with E-state index in [9.17, 15) is 0 Å². The number of nitrogens with zero attached hydrogens (tertiary/aromatic N) is 1. The van der Waals surface area contributed by atoms with Crippen molar-refractivity contribution in [3.05, 3.63) is 53.5 Å². The molecule has 0 atom stereocenters. The molecular formula is C21H22NS+. The summed E-state index contributed by atoms with van der Waals surface area (Å²) < 4.78 is 3.98. The minimum Gasteiger partial charge on any atom is -0.183 e. The van der Waals surface area contributed by atoms with E-state index in [4.69, 9.17) is 0 Å². The Bertz CT molecular complexity index is 1020. The van der Waals surface area contributed by atoms with Crippen LogP contribution in [0.4, 0.5) is 0 Å². The van der Waals surface area contributed by atoms with E-state index < -0.39 is 0 Å². The Labute approximate surface area is 141 Å². The van der Waals surface area contributed by atoms with Crippen LogP contribution >= 0.6 is 11.3 Å². The van der Waals surface area contributed by atoms with Crippen molar-refractivity contribution in [1.29, 1.82) is 0 Å². The molecule has 23 heavy (non-hydrogen) atoms. The zero-order valence-electron chi connectivity index (χ0n) is 14.1. The van der Waals surface area contributed by atoms with Gasteiger partial charge in [0.2, 0.25) is 10.5 Å². The predicted octanol–water partition coefficient (Wildman–Crippen LogP) is 6.20. The van der Waals surface area contributed by atoms with Crippen molar-refractivity contribution in [2.45, 2.75) is 39.7 Å². The molecule has 0 fully saturated rings. The Morgan fingerprint density at radius 1 is 0.739 bits per heavy atom. The van der Waals surface area contributed by atoms with E-state index in [1.54, 1.807) is 0 Å². The van der Waals surface area contributed by atoms with Gasteiger partial charge in [-0.3, -0.25) is 0 Å². The van der Waals surface area contributed by atoms with Crippen LogP contribution in [-0.4, -0.2) is 0 Å². The van der Waals surface area contributed by atoms with E-state index in [1.807, 2.05) is 11.3 Å². The molecule has 0 bridgehead atoms. The Balaban J connectivity index is 2.35. The van der Waals surface area contributed by atoms with E-state index in [2.05, 4.69) is 80.8 Å². The summed E-state index contributed by atoms with van der Waals surface area (Å²) in [7, 11) is 0. The molecule has 4 rings (SSSR count). The third kappa shape index (κ3) is 2.08. The molecule has 0 N–H and O–H groups in total. The van der Waals surface area contributed by atoms with Crippen LogP contribution in [0.25, 0.3) is 31.8 Å². The lowest BCUT2D eigenvalue weighted by molar-refractivity contribution is -0.694. The average molecular weight is 320 g/mol. The van der Waals surface area contributed by atoms with E-state index >= 15 is 0 Å². The fourth-order valence-corrected chi connectivity index (χ4v) is 5.04. The monoisotopic (exact) mass is 320 g/mol. The van der Waals surface area contributed by atoms with Crippen LogP contribution in [0.5, 0.6) is 0 Å². The number of thiazole rings is 1. The zero-order chi connectivity index (χ0) is 16.1. The Kier molecular flexibility index (Phi) is 3.38. The number of hydrogen-bond acceptors (Lipinski definition) is 1. The highest BCUT2D eigenvalue weighted by Crippen LogP contribution is 2.39. The largest absolute Gasteiger partial charge is 0.241 e. The van der Waals surface area contributed by atoms with Crippen LogP contribution in [0.15, 0.2) is 48.5 Å². The summed E-state index contributed by atoms with van der Waals surface area (Å²) in [6.07, 6.45) is 0. The molecule has 0 amide bonds. The summed E-state index contributed by atoms with van der Waals surface area (Å²) in [6, 6.07) is 18.1. The molecule has 4 aromatic rings. The lowest BCUT2D eigenvalue weighted by Crippen LogP contribution is -2.39. The second-order valence-electron chi connectivity index (χ2n) is 6.83. The molecule has 1 aromatic heterocycles. The van der Waals surface area contributed by atoms with Crippen molar-refractivity contribution in [1.82, 2.24) is 0 Å². The lowest BCUT2D eigenvalue weighted by atomic mass is 10.0. The molecular weight excluding hydrogens is 298 g/mol. The molecule has 3 aromatic carbocycles. The van der Waals surface area contributed by atoms with Gasteiger partial charge < -0.3 is 0 Å². The molecule has 0 saturated heterocycles. The second-order valence-corrected chi connectivity index (χ2v) is 7.86. The van der Waals surface area contributed by atoms with Crippen LogP contribution in [0.2, 0.25) is 0 Å². The first-order valence-electron chi connectivity index (χ1n) is 8.37. The number of hydrogen-bond donors (Lipinski definition) is 0. The van der Waals surface area contributed by atoms with Gasteiger partial charge >= 0.3 is 0 Å². The van der Waals surface area contributed by atoms with Gasteiger partial charge in [0.25, 0.3) is 0 Å². The van der Waals surface area contributed by atoms with Crippen LogP contribution in [0, 0.1) is 0 Å². The number of aromatic nitrogens is 1. The van der Waals surface area contributed by atoms with Gasteiger partial charge in [-0.25, -0.2) is 0 Å². The number of fused-ring (bicyclic) bond motifs is 6. The number of benzene rings is 3. The van der Waals surface area contributed by atoms with Crippen LogP contribution in [-0.2, 0) is 0 Å². The third-order valence-corrected chi connectivity index (χ3v) is 6.05. The molecule has 0 saturated carbocycles. The van der Waals surface area contributed by atoms with Gasteiger partial charge in [0.15, 0.2) is 6.04 Å². The first kappa shape index (κ1) is 14.6. The maximum Gasteiger partial charge on any atom is 0.241 e. The Hall–Kier alpha value is -1.93. The van der Waals surface area contributed by atoms with Gasteiger partial charge in [0.05, 0.1) is 5.39 Å². The van der Waals surface area contributed by atoms with Crippen molar-refractivity contribution >= 4 is 43.1 Å². The molecule has 0 aliphatic rings. The van der Waals surface area contributed by atoms with Crippen molar-refractivity contribution in [2.24, 2.45) is 0 Å². The standard InChI is InChI=1S/C21H22NS/c1-13(2)21-22(14(3)4)19-17-11-7-5-9-15(17)16-10-6-8-12-18(16)20(19)23-21/h5-14H,1-4H3/q+1. The zero-order valence-corrected chi connectivity index (χ0v) is 14.9. The summed E-state index contributed by atoms with van der Waals surface area (Å²) in [5, 5.41) is 6.95. The van der Waals surface area contributed by atoms with Crippen LogP contribution < -0.4 is 4.57 Å². The van der Waals surface area contributed by atoms with Gasteiger partial charge in [-0.15, -0.1) is 0 Å². The van der Waals surface area contributed by atoms with E-state index in [0.29, 0.717) is 12.0 Å². The first-order chi connectivity index (χ1) is 11.1. The summed E-state index contributed by atoms with van der Waals surface area (Å²) in [5.41, 5.74) is 1.41. The summed E-state index contributed by atoms with van der Waals surface area (Å²) in [5.74, 6) is 0.535. The Morgan fingerprint density at radius 2 is 1.26 bits per heavy atom. The molecule has 0 aliphatic carbocycles. The highest BCUT2D eigenvalue weighted by atomic mass is 32.1. The van der Waals surface area contributed by atoms with Crippen molar-refractivity contribution in [3.63, 3.8) is 0 Å². The predicted molar refractivity (Wildman–Crippen MR) is 102 cm³/mol. The molecule has 116 valence electrons. The van der Waals surface area contributed by atoms with Gasteiger partial charge in [-0.2, -0.15) is 4.57 Å². The third-order valence-electron chi connectivity index (χ3n) is 4.55. The first-order valence-corrected chi connectivity index (χ1v) is 9.18. The van der Waals surface area contributed by atoms with Crippen LogP contribution in [0.1, 0.15) is 44.7 Å². The summed E-state index contributed by atoms with van der Waals surface area (Å²) in [6.45, 7) is 9.19. The molecule has 1 heterocycles. The molecule has 0 unspecified atom stereocenters. The lowest BCUT2D eigenvalue weighted by Gasteiger charge is -2.08. The highest BCUT2D eigenvalue weighted by Gasteiger charge is 2.28. The highest BCUT2D eigenvalue weighted by molar-refractivity contribution is 7.19. The van der Waals surface area contributed by atoms with Gasteiger partial charge in [-0.1, -0.05) is 67.6 Å². The van der Waals surface area contributed by atoms with Gasteiger partial charge in [0.1, 0.15) is 4.70 Å². The maximum absolute atomic E-state index is 2.55. The fourth-order valence-electron chi connectivity index (χ4n) is 3.61. The molecule has 0 aliphatic heterocycles. The smallest absolute Gasteiger partial charge is 0.183 e. The van der Waals surface area contributed by atoms with E-state index in [-0.39, 0.29) is 0 Å². The Morgan fingerprint density at radius 3 is 1.83 bits per heavy atom. The molecule has 0 spiro atoms. The summed E-state index contributed by atoms with van der Waals surface area (Å²) >= 11 is 1.97. The minimum absolute atomic E-state index is 0.464. The van der Waals surface area contributed by atoms with Crippen molar-refractivity contribution < 1.29 is 4.57 Å². The van der Waals surface area contributed by atoms with E-state index in [0.717, 1.165) is 0 Å².